The molecule has 0 unspecified atom stereocenters. The quantitative estimate of drug-likeness (QED) is 0.633. The number of halogens is 1. The number of benzene rings is 1. The molecule has 0 heterocycles. The molecule has 0 aliphatic rings. The summed E-state index contributed by atoms with van der Waals surface area (Å²) in [4.78, 5) is 20.4. The zero-order chi connectivity index (χ0) is 12.1. The molecule has 2 N–H and O–H groups in total. The van der Waals surface area contributed by atoms with E-state index in [0.717, 1.165) is 0 Å². The smallest absolute Gasteiger partial charge is 0.317 e. The van der Waals surface area contributed by atoms with E-state index in [2.05, 4.69) is 21.2 Å². The van der Waals surface area contributed by atoms with E-state index in [1.165, 1.54) is 6.07 Å². The standard InChI is InChI=1S/C9H9BrN2O4/c10-7-2-1-6(3-8(7)12(15)16)4-11-5-9(13)14/h1-3,11H,4-5H2,(H,13,14). The number of nitro groups is 1. The highest BCUT2D eigenvalue weighted by atomic mass is 79.9. The van der Waals surface area contributed by atoms with Crippen LogP contribution < -0.4 is 5.32 Å². The molecule has 1 aromatic carbocycles. The van der Waals surface area contributed by atoms with Gasteiger partial charge in [-0.15, -0.1) is 0 Å². The lowest BCUT2D eigenvalue weighted by molar-refractivity contribution is -0.385. The van der Waals surface area contributed by atoms with Crippen LogP contribution >= 0.6 is 15.9 Å². The SMILES string of the molecule is O=C(O)CNCc1ccc(Br)c([N+](=O)[O-])c1. The minimum atomic E-state index is -0.966. The first-order chi connectivity index (χ1) is 7.50. The van der Waals surface area contributed by atoms with E-state index in [0.29, 0.717) is 10.0 Å². The van der Waals surface area contributed by atoms with Gasteiger partial charge in [-0.25, -0.2) is 0 Å². The summed E-state index contributed by atoms with van der Waals surface area (Å²) in [5.41, 5.74) is 0.630. The summed E-state index contributed by atoms with van der Waals surface area (Å²) < 4.78 is 0.402. The topological polar surface area (TPSA) is 92.5 Å². The average molecular weight is 289 g/mol. The van der Waals surface area contributed by atoms with Crippen LogP contribution in [-0.2, 0) is 11.3 Å². The van der Waals surface area contributed by atoms with Crippen LogP contribution in [-0.4, -0.2) is 22.5 Å². The van der Waals surface area contributed by atoms with E-state index in [1.54, 1.807) is 12.1 Å². The minimum absolute atomic E-state index is 0.0328. The van der Waals surface area contributed by atoms with E-state index in [1.807, 2.05) is 0 Å². The van der Waals surface area contributed by atoms with E-state index in [4.69, 9.17) is 5.11 Å². The molecule has 6 nitrogen and oxygen atoms in total. The monoisotopic (exact) mass is 288 g/mol. The third-order valence-electron chi connectivity index (χ3n) is 1.81. The maximum absolute atomic E-state index is 10.6. The molecule has 1 rings (SSSR count). The van der Waals surface area contributed by atoms with Gasteiger partial charge >= 0.3 is 5.97 Å². The second-order valence-corrected chi connectivity index (χ2v) is 3.89. The molecule has 1 aromatic rings. The van der Waals surface area contributed by atoms with Crippen LogP contribution in [0.5, 0.6) is 0 Å². The second kappa shape index (κ2) is 5.57. The normalized spacial score (nSPS) is 10.1. The van der Waals surface area contributed by atoms with Gasteiger partial charge in [0.2, 0.25) is 0 Å². The lowest BCUT2D eigenvalue weighted by Crippen LogP contribution is -2.21. The summed E-state index contributed by atoms with van der Waals surface area (Å²) in [5.74, 6) is -0.966. The Morgan fingerprint density at radius 3 is 2.81 bits per heavy atom. The number of carbonyl (C=O) groups is 1. The Kier molecular flexibility index (Phi) is 4.39. The van der Waals surface area contributed by atoms with Gasteiger partial charge in [-0.2, -0.15) is 0 Å². The molecule has 0 bridgehead atoms. The zero-order valence-corrected chi connectivity index (χ0v) is 9.73. The molecule has 0 atom stereocenters. The van der Waals surface area contributed by atoms with Crippen molar-refractivity contribution in [1.82, 2.24) is 5.32 Å². The van der Waals surface area contributed by atoms with Gasteiger partial charge in [-0.05, 0) is 27.6 Å². The van der Waals surface area contributed by atoms with E-state index < -0.39 is 10.9 Å². The molecular formula is C9H9BrN2O4. The average Bonchev–Trinajstić information content (AvgIpc) is 2.19. The number of nitro benzene ring substituents is 1. The maximum atomic E-state index is 10.6. The van der Waals surface area contributed by atoms with Crippen LogP contribution in [0.1, 0.15) is 5.56 Å². The number of nitrogens with one attached hydrogen (secondary N) is 1. The summed E-state index contributed by atoms with van der Waals surface area (Å²) in [6.07, 6.45) is 0. The Morgan fingerprint density at radius 1 is 1.56 bits per heavy atom. The van der Waals surface area contributed by atoms with Gasteiger partial charge in [0.05, 0.1) is 15.9 Å². The first-order valence-corrected chi connectivity index (χ1v) is 5.15. The zero-order valence-electron chi connectivity index (χ0n) is 8.14. The maximum Gasteiger partial charge on any atom is 0.317 e. The van der Waals surface area contributed by atoms with Crippen LogP contribution in [0, 0.1) is 10.1 Å². The van der Waals surface area contributed by atoms with Gasteiger partial charge in [0.25, 0.3) is 5.69 Å². The van der Waals surface area contributed by atoms with Gasteiger partial charge in [0.1, 0.15) is 0 Å². The van der Waals surface area contributed by atoms with Crippen molar-refractivity contribution in [3.05, 3.63) is 38.3 Å². The summed E-state index contributed by atoms with van der Waals surface area (Å²) in [7, 11) is 0. The fourth-order valence-corrected chi connectivity index (χ4v) is 1.51. The minimum Gasteiger partial charge on any atom is -0.480 e. The molecule has 0 aliphatic heterocycles. The van der Waals surface area contributed by atoms with Crippen LogP contribution in [0.15, 0.2) is 22.7 Å². The Labute approximate surface area is 99.6 Å². The Morgan fingerprint density at radius 2 is 2.25 bits per heavy atom. The van der Waals surface area contributed by atoms with Gasteiger partial charge < -0.3 is 10.4 Å². The van der Waals surface area contributed by atoms with Crippen molar-refractivity contribution in [2.45, 2.75) is 6.54 Å². The van der Waals surface area contributed by atoms with Gasteiger partial charge in [0, 0.05) is 12.6 Å². The molecule has 0 aliphatic carbocycles. The number of carboxylic acids is 1. The number of hydrogen-bond acceptors (Lipinski definition) is 4. The fraction of sp³-hybridized carbons (Fsp3) is 0.222. The Hall–Kier alpha value is -1.47. The predicted molar refractivity (Wildman–Crippen MR) is 60.1 cm³/mol. The van der Waals surface area contributed by atoms with Crippen LogP contribution in [0.25, 0.3) is 0 Å². The number of hydrogen-bond donors (Lipinski definition) is 2. The molecule has 0 radical (unpaired) electrons. The van der Waals surface area contributed by atoms with E-state index in [9.17, 15) is 14.9 Å². The summed E-state index contributed by atoms with van der Waals surface area (Å²) in [5, 5.41) is 21.7. The lowest BCUT2D eigenvalue weighted by Gasteiger charge is -2.03. The van der Waals surface area contributed by atoms with Gasteiger partial charge in [-0.1, -0.05) is 6.07 Å². The predicted octanol–water partition coefficient (Wildman–Crippen LogP) is 1.53. The molecule has 0 aromatic heterocycles. The van der Waals surface area contributed by atoms with Crippen molar-refractivity contribution >= 4 is 27.6 Å². The van der Waals surface area contributed by atoms with Crippen LogP contribution in [0.4, 0.5) is 5.69 Å². The molecule has 0 saturated carbocycles. The first-order valence-electron chi connectivity index (χ1n) is 4.36. The fourth-order valence-electron chi connectivity index (χ4n) is 1.12. The Bertz CT molecular complexity index is 422. The third-order valence-corrected chi connectivity index (χ3v) is 2.48. The molecule has 16 heavy (non-hydrogen) atoms. The van der Waals surface area contributed by atoms with Crippen LogP contribution in [0.2, 0.25) is 0 Å². The van der Waals surface area contributed by atoms with Crippen molar-refractivity contribution in [2.24, 2.45) is 0 Å². The summed E-state index contributed by atoms with van der Waals surface area (Å²) >= 11 is 3.07. The van der Waals surface area contributed by atoms with Crippen molar-refractivity contribution < 1.29 is 14.8 Å². The number of aliphatic carboxylic acids is 1. The number of nitrogens with zero attached hydrogens (tertiary/aromatic N) is 1. The highest BCUT2D eigenvalue weighted by Gasteiger charge is 2.11. The summed E-state index contributed by atoms with van der Waals surface area (Å²) in [6, 6.07) is 4.65. The molecule has 7 heteroatoms. The van der Waals surface area contributed by atoms with Crippen molar-refractivity contribution in [2.75, 3.05) is 6.54 Å². The number of carboxylic acid groups (broad SMARTS) is 1. The van der Waals surface area contributed by atoms with E-state index >= 15 is 0 Å². The molecule has 0 fully saturated rings. The highest BCUT2D eigenvalue weighted by molar-refractivity contribution is 9.10. The molecule has 0 amide bonds. The van der Waals surface area contributed by atoms with Crippen molar-refractivity contribution in [1.29, 1.82) is 0 Å². The molecule has 0 spiro atoms. The molecular weight excluding hydrogens is 280 g/mol. The summed E-state index contributed by atoms with van der Waals surface area (Å²) in [6.45, 7) is 0.101. The van der Waals surface area contributed by atoms with Gasteiger partial charge in [0.15, 0.2) is 0 Å². The molecule has 86 valence electrons. The largest absolute Gasteiger partial charge is 0.480 e. The first kappa shape index (κ1) is 12.6. The lowest BCUT2D eigenvalue weighted by atomic mass is 10.2. The highest BCUT2D eigenvalue weighted by Crippen LogP contribution is 2.25. The second-order valence-electron chi connectivity index (χ2n) is 3.04. The molecule has 0 saturated heterocycles. The third kappa shape index (κ3) is 3.59. The van der Waals surface area contributed by atoms with Gasteiger partial charge in [-0.3, -0.25) is 14.9 Å². The van der Waals surface area contributed by atoms with Crippen LogP contribution in [0.3, 0.4) is 0 Å². The van der Waals surface area contributed by atoms with E-state index in [-0.39, 0.29) is 18.8 Å². The Balaban J connectivity index is 2.71. The van der Waals surface area contributed by atoms with Crippen molar-refractivity contribution in [3.63, 3.8) is 0 Å². The van der Waals surface area contributed by atoms with Crippen molar-refractivity contribution in [3.8, 4) is 0 Å². The number of rotatable bonds is 5.